The van der Waals surface area contributed by atoms with Crippen LogP contribution in [0.5, 0.6) is 11.5 Å². The van der Waals surface area contributed by atoms with Crippen molar-refractivity contribution in [2.45, 2.75) is 25.7 Å². The number of hydrogen-bond acceptors (Lipinski definition) is 8. The zero-order valence-corrected chi connectivity index (χ0v) is 24.0. The first-order chi connectivity index (χ1) is 20.8. The Morgan fingerprint density at radius 2 is 1.65 bits per heavy atom. The Bertz CT molecular complexity index is 1660. The maximum absolute atomic E-state index is 14.1. The van der Waals surface area contributed by atoms with Gasteiger partial charge in [0.15, 0.2) is 23.1 Å². The van der Waals surface area contributed by atoms with Crippen molar-refractivity contribution in [1.29, 1.82) is 0 Å². The first-order valence-electron chi connectivity index (χ1n) is 14.7. The van der Waals surface area contributed by atoms with Crippen LogP contribution < -0.4 is 14.5 Å². The average Bonchev–Trinajstić information content (AvgIpc) is 3.28. The highest BCUT2D eigenvalue weighted by atomic mass is 16.5. The maximum Gasteiger partial charge on any atom is 0.238 e. The largest absolute Gasteiger partial charge is 0.504 e. The number of methoxy groups -OCH3 is 1. The lowest BCUT2D eigenvalue weighted by atomic mass is 9.59. The molecule has 0 bridgehead atoms. The number of benzene rings is 2. The van der Waals surface area contributed by atoms with Crippen molar-refractivity contribution in [2.24, 2.45) is 17.8 Å². The van der Waals surface area contributed by atoms with Gasteiger partial charge in [-0.25, -0.2) is 0 Å². The first-order valence-corrected chi connectivity index (χ1v) is 14.7. The fraction of sp³-hybridized carbons (Fsp3) is 0.353. The highest BCUT2D eigenvalue weighted by Gasteiger charge is 2.56. The van der Waals surface area contributed by atoms with E-state index in [9.17, 15) is 24.3 Å². The van der Waals surface area contributed by atoms with Crippen LogP contribution in [0, 0.1) is 17.8 Å². The number of carbonyl (C=O) groups excluding carboxylic acids is 4. The Kier molecular flexibility index (Phi) is 6.58. The van der Waals surface area contributed by atoms with Gasteiger partial charge in [0, 0.05) is 41.4 Å². The molecule has 0 radical (unpaired) electrons. The quantitative estimate of drug-likeness (QED) is 0.330. The fourth-order valence-corrected chi connectivity index (χ4v) is 7.52. The van der Waals surface area contributed by atoms with Crippen LogP contribution in [0.15, 0.2) is 76.9 Å². The van der Waals surface area contributed by atoms with Gasteiger partial charge in [0.05, 0.1) is 37.8 Å². The van der Waals surface area contributed by atoms with E-state index in [1.54, 1.807) is 25.1 Å². The van der Waals surface area contributed by atoms with Crippen LogP contribution in [0.2, 0.25) is 0 Å². The number of imide groups is 1. The Morgan fingerprint density at radius 1 is 0.930 bits per heavy atom. The van der Waals surface area contributed by atoms with Crippen LogP contribution in [0.1, 0.15) is 31.2 Å². The lowest BCUT2D eigenvalue weighted by Gasteiger charge is -2.42. The Balaban J connectivity index is 1.26. The van der Waals surface area contributed by atoms with Gasteiger partial charge in [-0.05, 0) is 73.7 Å². The van der Waals surface area contributed by atoms with Crippen molar-refractivity contribution in [2.75, 3.05) is 43.2 Å². The summed E-state index contributed by atoms with van der Waals surface area (Å²) in [7, 11) is 1.46. The van der Waals surface area contributed by atoms with Gasteiger partial charge in [-0.3, -0.25) is 24.1 Å². The predicted octanol–water partition coefficient (Wildman–Crippen LogP) is 3.87. The van der Waals surface area contributed by atoms with E-state index in [1.165, 1.54) is 18.1 Å². The zero-order chi connectivity index (χ0) is 30.0. The number of phenols is 1. The number of allylic oxidation sites excluding steroid dienone is 6. The van der Waals surface area contributed by atoms with Crippen LogP contribution in [-0.2, 0) is 23.9 Å². The molecule has 7 rings (SSSR count). The second-order valence-corrected chi connectivity index (χ2v) is 11.8. The molecule has 9 heteroatoms. The third-order valence-electron chi connectivity index (χ3n) is 9.59. The van der Waals surface area contributed by atoms with Crippen LogP contribution in [0.4, 0.5) is 11.4 Å². The van der Waals surface area contributed by atoms with Gasteiger partial charge >= 0.3 is 0 Å². The number of aromatic hydroxyl groups is 1. The minimum absolute atomic E-state index is 0.0840. The molecular formula is C34H32N2O7. The molecule has 2 saturated heterocycles. The number of ether oxygens (including phenoxy) is 2. The number of fused-ring (bicyclic) bond motifs is 3. The molecule has 4 atom stereocenters. The zero-order valence-electron chi connectivity index (χ0n) is 24.0. The van der Waals surface area contributed by atoms with Gasteiger partial charge in [0.1, 0.15) is 0 Å². The fourth-order valence-electron chi connectivity index (χ4n) is 7.52. The third kappa shape index (κ3) is 4.25. The van der Waals surface area contributed by atoms with Crippen molar-refractivity contribution in [3.8, 4) is 11.5 Å². The van der Waals surface area contributed by atoms with E-state index in [0.29, 0.717) is 47.6 Å². The predicted molar refractivity (Wildman–Crippen MR) is 158 cm³/mol. The van der Waals surface area contributed by atoms with Gasteiger partial charge in [-0.15, -0.1) is 0 Å². The van der Waals surface area contributed by atoms with Crippen molar-refractivity contribution < 1.29 is 33.8 Å². The molecule has 220 valence electrons. The van der Waals surface area contributed by atoms with E-state index < -0.39 is 23.7 Å². The molecular weight excluding hydrogens is 548 g/mol. The van der Waals surface area contributed by atoms with Crippen molar-refractivity contribution in [3.63, 3.8) is 0 Å². The summed E-state index contributed by atoms with van der Waals surface area (Å²) in [6, 6.07) is 12.4. The van der Waals surface area contributed by atoms with Crippen LogP contribution in [-0.4, -0.2) is 61.9 Å². The summed E-state index contributed by atoms with van der Waals surface area (Å²) >= 11 is 0. The molecule has 2 heterocycles. The highest BCUT2D eigenvalue weighted by Crippen LogP contribution is 2.56. The molecule has 2 aromatic rings. The van der Waals surface area contributed by atoms with Crippen molar-refractivity contribution in [3.05, 3.63) is 82.5 Å². The molecule has 0 saturated carbocycles. The number of phenolic OH excluding ortho intramolecular Hbond substituents is 1. The number of nitrogens with zero attached hydrogens (tertiary/aromatic N) is 2. The second-order valence-electron chi connectivity index (χ2n) is 11.8. The molecule has 5 aliphatic rings. The summed E-state index contributed by atoms with van der Waals surface area (Å²) < 4.78 is 10.7. The smallest absolute Gasteiger partial charge is 0.238 e. The number of morpholine rings is 1. The molecule has 2 aliphatic heterocycles. The first kappa shape index (κ1) is 27.3. The molecule has 0 spiro atoms. The van der Waals surface area contributed by atoms with E-state index in [1.807, 2.05) is 30.3 Å². The number of amides is 2. The van der Waals surface area contributed by atoms with Crippen molar-refractivity contribution in [1.82, 2.24) is 0 Å². The van der Waals surface area contributed by atoms with E-state index in [4.69, 9.17) is 9.47 Å². The molecule has 1 N–H and O–H groups in total. The second kappa shape index (κ2) is 10.3. The van der Waals surface area contributed by atoms with Gasteiger partial charge < -0.3 is 19.5 Å². The Labute approximate surface area is 249 Å². The third-order valence-corrected chi connectivity index (χ3v) is 9.59. The van der Waals surface area contributed by atoms with Gasteiger partial charge in [0.2, 0.25) is 11.8 Å². The SMILES string of the molecule is COc1ccc([C@H]2C3=CC[C@@H]4C(=O)N(c5ccc(N6CCOCC6)cc5)C(=O)[C@@H]4[C@@H]3CC3=C2C(=O)C(C)=CC3=O)cc1O. The Morgan fingerprint density at radius 3 is 2.35 bits per heavy atom. The monoisotopic (exact) mass is 580 g/mol. The molecule has 2 amide bonds. The standard InChI is InChI=1S/C34H32N2O7/c1-18-15-26(37)25-17-24-22(29(31(25)32(18)39)19-3-10-28(42-2)27(38)16-19)8-9-23-30(24)34(41)36(33(23)40)21-6-4-20(5-7-21)35-11-13-43-14-12-35/h3-8,10,15-16,23-24,29-30,38H,9,11-14,17H2,1-2H3/t23-,24+,29-,30-/m0/s1. The van der Waals surface area contributed by atoms with Crippen LogP contribution in [0.3, 0.4) is 0 Å². The van der Waals surface area contributed by atoms with Crippen molar-refractivity contribution >= 4 is 34.8 Å². The number of Topliss-reactive ketones (excluding diaryl/α,β-unsaturated/α-hetero) is 1. The van der Waals surface area contributed by atoms with Gasteiger partial charge in [-0.2, -0.15) is 0 Å². The van der Waals surface area contributed by atoms with E-state index >= 15 is 0 Å². The summed E-state index contributed by atoms with van der Waals surface area (Å²) in [5.41, 5.74) is 4.13. The van der Waals surface area contributed by atoms with E-state index in [-0.39, 0.29) is 41.3 Å². The summed E-state index contributed by atoms with van der Waals surface area (Å²) in [6.07, 6.45) is 3.89. The summed E-state index contributed by atoms with van der Waals surface area (Å²) in [6.45, 7) is 4.50. The molecule has 3 aliphatic carbocycles. The number of carbonyl (C=O) groups is 4. The highest BCUT2D eigenvalue weighted by molar-refractivity contribution is 6.25. The number of rotatable bonds is 4. The summed E-state index contributed by atoms with van der Waals surface area (Å²) in [5, 5.41) is 10.6. The van der Waals surface area contributed by atoms with Crippen LogP contribution >= 0.6 is 0 Å². The van der Waals surface area contributed by atoms with E-state index in [0.717, 1.165) is 24.4 Å². The molecule has 2 fully saturated rings. The summed E-state index contributed by atoms with van der Waals surface area (Å²) in [4.78, 5) is 58.3. The van der Waals surface area contributed by atoms with Crippen LogP contribution in [0.25, 0.3) is 0 Å². The minimum Gasteiger partial charge on any atom is -0.504 e. The number of hydrogen-bond donors (Lipinski definition) is 1. The molecule has 0 aromatic heterocycles. The van der Waals surface area contributed by atoms with Gasteiger partial charge in [-0.1, -0.05) is 17.7 Å². The maximum atomic E-state index is 14.1. The molecule has 2 aromatic carbocycles. The normalized spacial score (nSPS) is 27.0. The number of anilines is 2. The lowest BCUT2D eigenvalue weighted by Crippen LogP contribution is -2.39. The van der Waals surface area contributed by atoms with Gasteiger partial charge in [0.25, 0.3) is 0 Å². The minimum atomic E-state index is -0.662. The summed E-state index contributed by atoms with van der Waals surface area (Å²) in [5.74, 6) is -3.08. The number of ketones is 2. The van der Waals surface area contributed by atoms with E-state index in [2.05, 4.69) is 4.90 Å². The molecule has 43 heavy (non-hydrogen) atoms. The topological polar surface area (TPSA) is 113 Å². The molecule has 9 nitrogen and oxygen atoms in total. The molecule has 0 unspecified atom stereocenters. The lowest BCUT2D eigenvalue weighted by molar-refractivity contribution is -0.123. The Hall–Kier alpha value is -4.50. The average molecular weight is 581 g/mol.